The molecule has 106 valence electrons. The van der Waals surface area contributed by atoms with Gasteiger partial charge in [0, 0.05) is 12.5 Å². The van der Waals surface area contributed by atoms with E-state index < -0.39 is 0 Å². The van der Waals surface area contributed by atoms with E-state index in [0.29, 0.717) is 28.8 Å². The number of ketones is 1. The largest absolute Gasteiger partial charge is 0.492 e. The minimum Gasteiger partial charge on any atom is -0.492 e. The number of hydrogen-bond acceptors (Lipinski definition) is 5. The van der Waals surface area contributed by atoms with Crippen LogP contribution >= 0.6 is 11.3 Å². The first kappa shape index (κ1) is 14.2. The van der Waals surface area contributed by atoms with E-state index in [9.17, 15) is 4.79 Å². The molecular weight excluding hydrogens is 260 g/mol. The van der Waals surface area contributed by atoms with E-state index in [1.165, 1.54) is 43.4 Å². The van der Waals surface area contributed by atoms with Crippen molar-refractivity contribution in [3.8, 4) is 5.75 Å². The lowest BCUT2D eigenvalue weighted by molar-refractivity contribution is 0.0992. The first-order valence-corrected chi connectivity index (χ1v) is 7.75. The van der Waals surface area contributed by atoms with Gasteiger partial charge in [-0.25, -0.2) is 0 Å². The van der Waals surface area contributed by atoms with Crippen LogP contribution in [0, 0.1) is 0 Å². The highest BCUT2D eigenvalue weighted by Gasteiger charge is 2.23. The zero-order chi connectivity index (χ0) is 13.8. The van der Waals surface area contributed by atoms with Gasteiger partial charge in [0.05, 0.1) is 17.7 Å². The number of ether oxygens (including phenoxy) is 1. The second-order valence-corrected chi connectivity index (χ2v) is 5.98. The number of carbonyl (C=O) groups is 1. The number of methoxy groups -OCH3 is 1. The van der Waals surface area contributed by atoms with Gasteiger partial charge in [-0.2, -0.15) is 0 Å². The fourth-order valence-corrected chi connectivity index (χ4v) is 3.70. The zero-order valence-electron chi connectivity index (χ0n) is 11.6. The van der Waals surface area contributed by atoms with Crippen LogP contribution in [0.3, 0.4) is 0 Å². The van der Waals surface area contributed by atoms with Gasteiger partial charge in [-0.05, 0) is 12.8 Å². The predicted molar refractivity (Wildman–Crippen MR) is 80.4 cm³/mol. The molecule has 0 spiro atoms. The number of nitrogens with one attached hydrogen (secondary N) is 1. The maximum absolute atomic E-state index is 11.9. The van der Waals surface area contributed by atoms with Crippen molar-refractivity contribution in [3.05, 3.63) is 4.88 Å². The fourth-order valence-electron chi connectivity index (χ4n) is 2.53. The van der Waals surface area contributed by atoms with Gasteiger partial charge in [-0.1, -0.05) is 26.2 Å². The first-order valence-electron chi connectivity index (χ1n) is 6.93. The minimum absolute atomic E-state index is 0.0810. The van der Waals surface area contributed by atoms with Crippen LogP contribution in [0.4, 0.5) is 10.7 Å². The highest BCUT2D eigenvalue weighted by molar-refractivity contribution is 7.19. The van der Waals surface area contributed by atoms with Gasteiger partial charge in [0.1, 0.15) is 5.00 Å². The summed E-state index contributed by atoms with van der Waals surface area (Å²) in [5.74, 6) is 0.713. The van der Waals surface area contributed by atoms with Crippen molar-refractivity contribution >= 4 is 27.8 Å². The Labute approximate surface area is 118 Å². The number of rotatable bonds is 5. The molecule has 1 saturated carbocycles. The van der Waals surface area contributed by atoms with E-state index in [4.69, 9.17) is 10.5 Å². The Balaban J connectivity index is 2.21. The van der Waals surface area contributed by atoms with E-state index >= 15 is 0 Å². The van der Waals surface area contributed by atoms with Crippen LogP contribution in [-0.4, -0.2) is 18.9 Å². The average molecular weight is 282 g/mol. The summed E-state index contributed by atoms with van der Waals surface area (Å²) in [6.45, 7) is 1.85. The number of carbonyl (C=O) groups excluding carboxylic acids is 1. The molecule has 0 atom stereocenters. The maximum Gasteiger partial charge on any atom is 0.176 e. The van der Waals surface area contributed by atoms with Gasteiger partial charge >= 0.3 is 0 Å². The molecule has 1 heterocycles. The first-order chi connectivity index (χ1) is 9.17. The Morgan fingerprint density at radius 2 is 2.11 bits per heavy atom. The molecule has 0 saturated heterocycles. The molecule has 1 aliphatic rings. The van der Waals surface area contributed by atoms with Crippen LogP contribution in [0.2, 0.25) is 0 Å². The van der Waals surface area contributed by atoms with Gasteiger partial charge in [0.25, 0.3) is 0 Å². The summed E-state index contributed by atoms with van der Waals surface area (Å²) < 4.78 is 5.36. The van der Waals surface area contributed by atoms with Crippen LogP contribution in [0.25, 0.3) is 0 Å². The van der Waals surface area contributed by atoms with Gasteiger partial charge in [-0.3, -0.25) is 4.79 Å². The van der Waals surface area contributed by atoms with Crippen molar-refractivity contribution in [3.63, 3.8) is 0 Å². The van der Waals surface area contributed by atoms with Gasteiger partial charge in [-0.15, -0.1) is 11.3 Å². The Kier molecular flexibility index (Phi) is 4.69. The van der Waals surface area contributed by atoms with Crippen LogP contribution in [-0.2, 0) is 0 Å². The van der Waals surface area contributed by atoms with Crippen LogP contribution in [0.5, 0.6) is 5.75 Å². The van der Waals surface area contributed by atoms with Gasteiger partial charge in [0.15, 0.2) is 11.5 Å². The molecule has 2 rings (SSSR count). The highest BCUT2D eigenvalue weighted by atomic mass is 32.1. The Morgan fingerprint density at radius 1 is 1.42 bits per heavy atom. The van der Waals surface area contributed by atoms with E-state index in [0.717, 1.165) is 5.00 Å². The molecule has 5 heteroatoms. The molecule has 0 amide bonds. The van der Waals surface area contributed by atoms with E-state index in [2.05, 4.69) is 5.32 Å². The molecule has 0 aliphatic heterocycles. The molecule has 19 heavy (non-hydrogen) atoms. The quantitative estimate of drug-likeness (QED) is 0.809. The van der Waals surface area contributed by atoms with Gasteiger partial charge in [0.2, 0.25) is 0 Å². The molecule has 4 nitrogen and oxygen atoms in total. The molecule has 0 aromatic carbocycles. The predicted octanol–water partition coefficient (Wildman–Crippen LogP) is 3.68. The summed E-state index contributed by atoms with van der Waals surface area (Å²) in [5.41, 5.74) is 6.50. The third kappa shape index (κ3) is 3.03. The molecule has 0 unspecified atom stereocenters. The van der Waals surface area contributed by atoms with E-state index in [1.54, 1.807) is 7.11 Å². The molecular formula is C14H22N2O2S. The molecule has 3 N–H and O–H groups in total. The van der Waals surface area contributed by atoms with Crippen molar-refractivity contribution in [2.75, 3.05) is 18.2 Å². The lowest BCUT2D eigenvalue weighted by Crippen LogP contribution is -2.21. The molecule has 0 radical (unpaired) electrons. The van der Waals surface area contributed by atoms with Crippen molar-refractivity contribution < 1.29 is 9.53 Å². The minimum atomic E-state index is 0.0810. The second-order valence-electron chi connectivity index (χ2n) is 4.96. The monoisotopic (exact) mass is 282 g/mol. The molecule has 0 bridgehead atoms. The summed E-state index contributed by atoms with van der Waals surface area (Å²) in [5, 5.41) is 4.41. The fraction of sp³-hybridized carbons (Fsp3) is 0.643. The highest BCUT2D eigenvalue weighted by Crippen LogP contribution is 2.43. The standard InChI is InChI=1S/C14H22N2O2S/c1-3-10(17)13-11(15)12(18-2)14(19-13)16-9-7-5-4-6-8-9/h9,16H,3-8,15H2,1-2H3. The third-order valence-corrected chi connectivity index (χ3v) is 4.78. The summed E-state index contributed by atoms with van der Waals surface area (Å²) >= 11 is 1.43. The van der Waals surface area contributed by atoms with Crippen LogP contribution in [0.15, 0.2) is 0 Å². The van der Waals surface area contributed by atoms with Gasteiger partial charge < -0.3 is 15.8 Å². The summed E-state index contributed by atoms with van der Waals surface area (Å²) in [6, 6.07) is 0.477. The molecule has 1 aromatic rings. The van der Waals surface area contributed by atoms with E-state index in [-0.39, 0.29) is 5.78 Å². The smallest absolute Gasteiger partial charge is 0.176 e. The number of anilines is 2. The Hall–Kier alpha value is -1.23. The number of hydrogen-bond donors (Lipinski definition) is 2. The SMILES string of the molecule is CCC(=O)c1sc(NC2CCCCC2)c(OC)c1N. The summed E-state index contributed by atoms with van der Waals surface area (Å²) in [6.07, 6.45) is 6.68. The normalized spacial score (nSPS) is 16.3. The third-order valence-electron chi connectivity index (χ3n) is 3.62. The summed E-state index contributed by atoms with van der Waals surface area (Å²) in [7, 11) is 1.60. The van der Waals surface area contributed by atoms with Crippen molar-refractivity contribution in [2.24, 2.45) is 0 Å². The molecule has 1 aromatic heterocycles. The Bertz CT molecular complexity index is 451. The molecule has 1 aliphatic carbocycles. The number of nitrogens with two attached hydrogens (primary N) is 1. The van der Waals surface area contributed by atoms with Crippen molar-refractivity contribution in [1.82, 2.24) is 0 Å². The second kappa shape index (κ2) is 6.28. The topological polar surface area (TPSA) is 64.3 Å². The number of nitrogen functional groups attached to an aromatic ring is 1. The van der Waals surface area contributed by atoms with Crippen LogP contribution < -0.4 is 15.8 Å². The lowest BCUT2D eigenvalue weighted by atomic mass is 9.96. The lowest BCUT2D eigenvalue weighted by Gasteiger charge is -2.23. The number of Topliss-reactive ketones (excluding diaryl/α,β-unsaturated/α-hetero) is 1. The average Bonchev–Trinajstić information content (AvgIpc) is 2.75. The van der Waals surface area contributed by atoms with Crippen molar-refractivity contribution in [1.29, 1.82) is 0 Å². The molecule has 1 fully saturated rings. The van der Waals surface area contributed by atoms with Crippen molar-refractivity contribution in [2.45, 2.75) is 51.5 Å². The number of thiophene rings is 1. The zero-order valence-corrected chi connectivity index (χ0v) is 12.4. The van der Waals surface area contributed by atoms with E-state index in [1.807, 2.05) is 6.92 Å². The maximum atomic E-state index is 11.9. The summed E-state index contributed by atoms with van der Waals surface area (Å²) in [4.78, 5) is 12.5. The van der Waals surface area contributed by atoms with Crippen LogP contribution in [0.1, 0.15) is 55.1 Å². The Morgan fingerprint density at radius 3 is 2.68 bits per heavy atom.